The Morgan fingerprint density at radius 1 is 1.45 bits per heavy atom. The van der Waals surface area contributed by atoms with Crippen molar-refractivity contribution >= 4 is 11.3 Å². The van der Waals surface area contributed by atoms with Gasteiger partial charge in [0, 0.05) is 13.2 Å². The van der Waals surface area contributed by atoms with Gasteiger partial charge in [-0.1, -0.05) is 0 Å². The summed E-state index contributed by atoms with van der Waals surface area (Å²) in [7, 11) is 1.88. The summed E-state index contributed by atoms with van der Waals surface area (Å²) in [5.41, 5.74) is 1.92. The summed E-state index contributed by atoms with van der Waals surface area (Å²) in [6, 6.07) is 3.88. The van der Waals surface area contributed by atoms with E-state index in [1.165, 1.54) is 0 Å². The van der Waals surface area contributed by atoms with Crippen molar-refractivity contribution < 1.29 is 0 Å². The molecule has 4 nitrogen and oxygen atoms in total. The fourth-order valence-electron chi connectivity index (χ4n) is 0.975. The molecule has 11 heavy (non-hydrogen) atoms. The molecule has 0 fully saturated rings. The van der Waals surface area contributed by atoms with Crippen molar-refractivity contribution in [2.45, 2.75) is 0 Å². The van der Waals surface area contributed by atoms with Crippen molar-refractivity contribution in [2.75, 3.05) is 12.4 Å². The third-order valence-electron chi connectivity index (χ3n) is 1.58. The monoisotopic (exact) mass is 148 g/mol. The predicted octanol–water partition coefficient (Wildman–Crippen LogP) is 0.771. The molecule has 2 aromatic rings. The van der Waals surface area contributed by atoms with E-state index in [1.54, 1.807) is 6.33 Å². The Bertz CT molecular complexity index is 365. The van der Waals surface area contributed by atoms with Gasteiger partial charge >= 0.3 is 0 Å². The molecule has 2 aromatic heterocycles. The highest BCUT2D eigenvalue weighted by molar-refractivity contribution is 5.48. The lowest BCUT2D eigenvalue weighted by Crippen LogP contribution is -1.90. The van der Waals surface area contributed by atoms with Crippen LogP contribution >= 0.6 is 0 Å². The van der Waals surface area contributed by atoms with E-state index in [9.17, 15) is 0 Å². The number of fused-ring (bicyclic) bond motifs is 1. The quantitative estimate of drug-likeness (QED) is 0.649. The van der Waals surface area contributed by atoms with Gasteiger partial charge in [-0.05, 0) is 12.1 Å². The lowest BCUT2D eigenvalue weighted by Gasteiger charge is -1.98. The number of aromatic nitrogens is 3. The SMILES string of the molecule is CNc1ccc2nncn2c1. The Labute approximate surface area is 63.9 Å². The van der Waals surface area contributed by atoms with Crippen molar-refractivity contribution in [3.05, 3.63) is 24.7 Å². The molecular weight excluding hydrogens is 140 g/mol. The summed E-state index contributed by atoms with van der Waals surface area (Å²) in [5.74, 6) is 0. The highest BCUT2D eigenvalue weighted by atomic mass is 15.2. The number of nitrogens with zero attached hydrogens (tertiary/aromatic N) is 3. The van der Waals surface area contributed by atoms with Gasteiger partial charge < -0.3 is 5.32 Å². The molecule has 1 N–H and O–H groups in total. The van der Waals surface area contributed by atoms with Gasteiger partial charge in [-0.15, -0.1) is 10.2 Å². The van der Waals surface area contributed by atoms with Crippen molar-refractivity contribution in [1.82, 2.24) is 14.6 Å². The van der Waals surface area contributed by atoms with Crippen LogP contribution in [0.5, 0.6) is 0 Å². The molecule has 0 aromatic carbocycles. The normalized spacial score (nSPS) is 10.3. The Kier molecular flexibility index (Phi) is 1.25. The minimum absolute atomic E-state index is 0.865. The summed E-state index contributed by atoms with van der Waals surface area (Å²) in [4.78, 5) is 0. The van der Waals surface area contributed by atoms with Gasteiger partial charge in [0.15, 0.2) is 5.65 Å². The molecule has 0 amide bonds. The number of rotatable bonds is 1. The summed E-state index contributed by atoms with van der Waals surface area (Å²) in [5, 5.41) is 10.7. The van der Waals surface area contributed by atoms with Crippen LogP contribution in [0.3, 0.4) is 0 Å². The predicted molar refractivity (Wildman–Crippen MR) is 42.5 cm³/mol. The van der Waals surface area contributed by atoms with E-state index < -0.39 is 0 Å². The summed E-state index contributed by atoms with van der Waals surface area (Å²) < 4.78 is 1.87. The molecule has 2 heterocycles. The first-order valence-corrected chi connectivity index (χ1v) is 3.37. The van der Waals surface area contributed by atoms with Crippen LogP contribution in [0.4, 0.5) is 5.69 Å². The van der Waals surface area contributed by atoms with Gasteiger partial charge in [0.1, 0.15) is 6.33 Å². The van der Waals surface area contributed by atoms with Crippen molar-refractivity contribution in [1.29, 1.82) is 0 Å². The number of nitrogens with one attached hydrogen (secondary N) is 1. The molecule has 0 saturated heterocycles. The van der Waals surface area contributed by atoms with E-state index in [2.05, 4.69) is 15.5 Å². The second-order valence-corrected chi connectivity index (χ2v) is 2.26. The fourth-order valence-corrected chi connectivity index (χ4v) is 0.975. The van der Waals surface area contributed by atoms with Gasteiger partial charge in [-0.3, -0.25) is 4.40 Å². The first kappa shape index (κ1) is 6.15. The van der Waals surface area contributed by atoms with Gasteiger partial charge in [0.2, 0.25) is 0 Å². The maximum atomic E-state index is 3.88. The minimum Gasteiger partial charge on any atom is -0.387 e. The van der Waals surface area contributed by atoms with Crippen LogP contribution in [0.1, 0.15) is 0 Å². The smallest absolute Gasteiger partial charge is 0.160 e. The largest absolute Gasteiger partial charge is 0.387 e. The Balaban J connectivity index is 2.67. The average molecular weight is 148 g/mol. The lowest BCUT2D eigenvalue weighted by molar-refractivity contribution is 1.10. The second kappa shape index (κ2) is 2.23. The molecule has 0 bridgehead atoms. The fraction of sp³-hybridized carbons (Fsp3) is 0.143. The third-order valence-corrected chi connectivity index (χ3v) is 1.58. The Hall–Kier alpha value is -1.58. The molecule has 56 valence electrons. The van der Waals surface area contributed by atoms with Crippen LogP contribution in [-0.2, 0) is 0 Å². The molecule has 0 aliphatic heterocycles. The molecule has 0 unspecified atom stereocenters. The lowest BCUT2D eigenvalue weighted by atomic mass is 10.4. The van der Waals surface area contributed by atoms with E-state index in [4.69, 9.17) is 0 Å². The van der Waals surface area contributed by atoms with Gasteiger partial charge in [-0.2, -0.15) is 0 Å². The molecule has 0 radical (unpaired) electrons. The van der Waals surface area contributed by atoms with Crippen molar-refractivity contribution in [3.63, 3.8) is 0 Å². The Morgan fingerprint density at radius 3 is 3.18 bits per heavy atom. The summed E-state index contributed by atoms with van der Waals surface area (Å²) in [6.07, 6.45) is 3.62. The molecule has 2 rings (SSSR count). The third kappa shape index (κ3) is 0.920. The van der Waals surface area contributed by atoms with Crippen LogP contribution in [0.2, 0.25) is 0 Å². The number of hydrogen-bond donors (Lipinski definition) is 1. The van der Waals surface area contributed by atoms with Crippen molar-refractivity contribution in [3.8, 4) is 0 Å². The van der Waals surface area contributed by atoms with E-state index in [1.807, 2.05) is 29.8 Å². The van der Waals surface area contributed by atoms with Gasteiger partial charge in [0.05, 0.1) is 5.69 Å². The zero-order valence-corrected chi connectivity index (χ0v) is 6.15. The Morgan fingerprint density at radius 2 is 2.36 bits per heavy atom. The van der Waals surface area contributed by atoms with Crippen LogP contribution in [0.15, 0.2) is 24.7 Å². The first-order valence-electron chi connectivity index (χ1n) is 3.37. The highest BCUT2D eigenvalue weighted by Crippen LogP contribution is 2.06. The van der Waals surface area contributed by atoms with E-state index in [-0.39, 0.29) is 0 Å². The molecule has 0 atom stereocenters. The minimum atomic E-state index is 0.865. The van der Waals surface area contributed by atoms with E-state index in [0.717, 1.165) is 11.3 Å². The number of pyridine rings is 1. The van der Waals surface area contributed by atoms with E-state index in [0.29, 0.717) is 0 Å². The van der Waals surface area contributed by atoms with Crippen LogP contribution in [0, 0.1) is 0 Å². The molecule has 0 saturated carbocycles. The molecular formula is C7H8N4. The second-order valence-electron chi connectivity index (χ2n) is 2.26. The van der Waals surface area contributed by atoms with Gasteiger partial charge in [0.25, 0.3) is 0 Å². The van der Waals surface area contributed by atoms with Crippen LogP contribution < -0.4 is 5.32 Å². The molecule has 0 aliphatic rings. The maximum Gasteiger partial charge on any atom is 0.160 e. The zero-order chi connectivity index (χ0) is 7.68. The maximum absolute atomic E-state index is 3.88. The average Bonchev–Trinajstić information content (AvgIpc) is 2.50. The topological polar surface area (TPSA) is 42.2 Å². The van der Waals surface area contributed by atoms with Gasteiger partial charge in [-0.25, -0.2) is 0 Å². The molecule has 0 aliphatic carbocycles. The molecule has 0 spiro atoms. The number of hydrogen-bond acceptors (Lipinski definition) is 3. The summed E-state index contributed by atoms with van der Waals surface area (Å²) >= 11 is 0. The van der Waals surface area contributed by atoms with E-state index >= 15 is 0 Å². The number of anilines is 1. The zero-order valence-electron chi connectivity index (χ0n) is 6.15. The van der Waals surface area contributed by atoms with Crippen LogP contribution in [0.25, 0.3) is 5.65 Å². The van der Waals surface area contributed by atoms with Crippen LogP contribution in [-0.4, -0.2) is 21.6 Å². The highest BCUT2D eigenvalue weighted by Gasteiger charge is 1.93. The standard InChI is InChI=1S/C7H8N4/c1-8-6-2-3-7-10-9-5-11(7)4-6/h2-5,8H,1H3. The summed E-state index contributed by atoms with van der Waals surface area (Å²) in [6.45, 7) is 0. The molecule has 4 heteroatoms. The first-order chi connectivity index (χ1) is 5.40. The van der Waals surface area contributed by atoms with Crippen molar-refractivity contribution in [2.24, 2.45) is 0 Å².